The van der Waals surface area contributed by atoms with E-state index in [1.54, 1.807) is 0 Å². The number of esters is 1. The topological polar surface area (TPSA) is 93.7 Å². The van der Waals surface area contributed by atoms with Crippen LogP contribution >= 0.6 is 23.5 Å². The van der Waals surface area contributed by atoms with Gasteiger partial charge in [0.2, 0.25) is 0 Å². The maximum atomic E-state index is 11.8. The fraction of sp³-hybridized carbons (Fsp3) is 0.471. The van der Waals surface area contributed by atoms with Crippen molar-refractivity contribution in [2.45, 2.75) is 23.5 Å². The van der Waals surface area contributed by atoms with Gasteiger partial charge in [0, 0.05) is 23.1 Å². The second-order valence-electron chi connectivity index (χ2n) is 5.86. The molecule has 1 saturated carbocycles. The fourth-order valence-electron chi connectivity index (χ4n) is 2.28. The Hall–Kier alpha value is -1.87. The molecule has 0 unspecified atom stereocenters. The number of nitrogens with one attached hydrogen (secondary N) is 2. The molecule has 1 saturated heterocycles. The van der Waals surface area contributed by atoms with Crippen molar-refractivity contribution in [3.63, 3.8) is 0 Å². The number of amides is 3. The lowest BCUT2D eigenvalue weighted by molar-refractivity contribution is -0.150. The number of hydrogen-bond acceptors (Lipinski definition) is 7. The van der Waals surface area contributed by atoms with Crippen molar-refractivity contribution in [1.82, 2.24) is 10.6 Å². The molecule has 2 N–H and O–H groups in total. The third-order valence-corrected chi connectivity index (χ3v) is 6.74. The van der Waals surface area contributed by atoms with Crippen LogP contribution in [-0.2, 0) is 14.3 Å². The lowest BCUT2D eigenvalue weighted by atomic mass is 10.2. The van der Waals surface area contributed by atoms with Crippen molar-refractivity contribution in [3.8, 4) is 5.75 Å². The van der Waals surface area contributed by atoms with Crippen LogP contribution in [0.3, 0.4) is 0 Å². The third kappa shape index (κ3) is 5.84. The zero-order valence-electron chi connectivity index (χ0n) is 14.1. The van der Waals surface area contributed by atoms with Crippen molar-refractivity contribution in [1.29, 1.82) is 0 Å². The van der Waals surface area contributed by atoms with Crippen molar-refractivity contribution in [3.05, 3.63) is 29.8 Å². The van der Waals surface area contributed by atoms with Crippen LogP contribution in [-0.4, -0.2) is 48.7 Å². The maximum absolute atomic E-state index is 11.8. The van der Waals surface area contributed by atoms with Gasteiger partial charge in [-0.05, 0) is 18.9 Å². The SMILES string of the molecule is O=C(COC(=O)COc1ccccc1C1SCCS1)NC(=O)NC1CC1. The van der Waals surface area contributed by atoms with Gasteiger partial charge in [0.05, 0.1) is 4.58 Å². The largest absolute Gasteiger partial charge is 0.482 e. The zero-order valence-corrected chi connectivity index (χ0v) is 15.7. The van der Waals surface area contributed by atoms with Gasteiger partial charge in [0.15, 0.2) is 13.2 Å². The molecule has 2 aliphatic rings. The van der Waals surface area contributed by atoms with Gasteiger partial charge < -0.3 is 14.8 Å². The van der Waals surface area contributed by atoms with Crippen LogP contribution < -0.4 is 15.4 Å². The molecule has 2 fully saturated rings. The number of thioether (sulfide) groups is 2. The summed E-state index contributed by atoms with van der Waals surface area (Å²) in [5.41, 5.74) is 1.04. The second-order valence-corrected chi connectivity index (χ2v) is 8.58. The molecule has 0 aromatic heterocycles. The molecule has 1 aliphatic carbocycles. The predicted molar refractivity (Wildman–Crippen MR) is 100 cm³/mol. The average Bonchev–Trinajstić information content (AvgIpc) is 3.27. The van der Waals surface area contributed by atoms with Crippen LogP contribution in [0, 0.1) is 0 Å². The summed E-state index contributed by atoms with van der Waals surface area (Å²) in [6.07, 6.45) is 1.85. The Kier molecular flexibility index (Phi) is 6.67. The maximum Gasteiger partial charge on any atom is 0.344 e. The highest BCUT2D eigenvalue weighted by atomic mass is 32.2. The summed E-state index contributed by atoms with van der Waals surface area (Å²) in [4.78, 5) is 34.8. The van der Waals surface area contributed by atoms with E-state index in [4.69, 9.17) is 9.47 Å². The number of ether oxygens (including phenoxy) is 2. The quantitative estimate of drug-likeness (QED) is 0.682. The third-order valence-electron chi connectivity index (χ3n) is 3.67. The Morgan fingerprint density at radius 2 is 1.81 bits per heavy atom. The molecule has 0 bridgehead atoms. The summed E-state index contributed by atoms with van der Waals surface area (Å²) in [6, 6.07) is 7.18. The first-order valence-corrected chi connectivity index (χ1v) is 10.4. The summed E-state index contributed by atoms with van der Waals surface area (Å²) in [5.74, 6) is 1.49. The van der Waals surface area contributed by atoms with Crippen molar-refractivity contribution in [2.24, 2.45) is 0 Å². The van der Waals surface area contributed by atoms with E-state index in [0.29, 0.717) is 10.3 Å². The Morgan fingerprint density at radius 3 is 2.54 bits per heavy atom. The monoisotopic (exact) mass is 396 g/mol. The van der Waals surface area contributed by atoms with E-state index in [0.717, 1.165) is 29.9 Å². The fourth-order valence-corrected chi connectivity index (χ4v) is 5.19. The highest BCUT2D eigenvalue weighted by molar-refractivity contribution is 8.19. The lowest BCUT2D eigenvalue weighted by Crippen LogP contribution is -2.42. The standard InChI is InChI=1S/C17H20N2O5S2/c20-14(19-17(22)18-11-5-6-11)9-24-15(21)10-23-13-4-2-1-3-12(13)16-25-7-8-26-16/h1-4,11,16H,5-10H2,(H2,18,19,20,22). The van der Waals surface area contributed by atoms with Gasteiger partial charge in [-0.25, -0.2) is 9.59 Å². The van der Waals surface area contributed by atoms with Crippen LogP contribution in [0.5, 0.6) is 5.75 Å². The minimum atomic E-state index is -0.671. The smallest absolute Gasteiger partial charge is 0.344 e. The normalized spacial score (nSPS) is 16.8. The zero-order chi connectivity index (χ0) is 18.4. The minimum absolute atomic E-state index is 0.148. The van der Waals surface area contributed by atoms with Crippen molar-refractivity contribution in [2.75, 3.05) is 24.7 Å². The summed E-state index contributed by atoms with van der Waals surface area (Å²) >= 11 is 3.70. The molecule has 140 valence electrons. The number of benzene rings is 1. The number of carbonyl (C=O) groups is 3. The van der Waals surface area contributed by atoms with Gasteiger partial charge in [0.25, 0.3) is 5.91 Å². The summed E-state index contributed by atoms with van der Waals surface area (Å²) in [5, 5.41) is 4.73. The molecular formula is C17H20N2O5S2. The number of rotatable bonds is 7. The summed E-state index contributed by atoms with van der Waals surface area (Å²) in [6.45, 7) is -0.809. The molecule has 1 aromatic rings. The van der Waals surface area contributed by atoms with Crippen LogP contribution in [0.1, 0.15) is 23.0 Å². The van der Waals surface area contributed by atoms with Crippen molar-refractivity contribution < 1.29 is 23.9 Å². The summed E-state index contributed by atoms with van der Waals surface area (Å²) in [7, 11) is 0. The Morgan fingerprint density at radius 1 is 1.08 bits per heavy atom. The van der Waals surface area contributed by atoms with E-state index >= 15 is 0 Å². The van der Waals surface area contributed by atoms with E-state index in [1.807, 2.05) is 47.8 Å². The first-order valence-electron chi connectivity index (χ1n) is 8.33. The number of carbonyl (C=O) groups excluding carboxylic acids is 3. The number of para-hydroxylation sites is 1. The molecule has 0 spiro atoms. The number of urea groups is 1. The van der Waals surface area contributed by atoms with Gasteiger partial charge in [-0.3, -0.25) is 10.1 Å². The Balaban J connectivity index is 1.40. The number of hydrogen-bond donors (Lipinski definition) is 2. The average molecular weight is 396 g/mol. The lowest BCUT2D eigenvalue weighted by Gasteiger charge is -2.14. The van der Waals surface area contributed by atoms with Crippen LogP contribution in [0.4, 0.5) is 4.79 Å². The second kappa shape index (κ2) is 9.18. The molecule has 0 radical (unpaired) electrons. The van der Waals surface area contributed by atoms with Crippen LogP contribution in [0.15, 0.2) is 24.3 Å². The summed E-state index contributed by atoms with van der Waals surface area (Å²) < 4.78 is 10.7. The Bertz CT molecular complexity index is 675. The van der Waals surface area contributed by atoms with E-state index in [1.165, 1.54) is 0 Å². The molecule has 1 aromatic carbocycles. The molecule has 1 aliphatic heterocycles. The predicted octanol–water partition coefficient (Wildman–Crippen LogP) is 2.08. The molecule has 1 heterocycles. The number of imide groups is 1. The highest BCUT2D eigenvalue weighted by Gasteiger charge is 2.24. The minimum Gasteiger partial charge on any atom is -0.482 e. The van der Waals surface area contributed by atoms with Gasteiger partial charge in [-0.15, -0.1) is 23.5 Å². The first-order chi connectivity index (χ1) is 12.6. The van der Waals surface area contributed by atoms with Crippen LogP contribution in [0.25, 0.3) is 0 Å². The highest BCUT2D eigenvalue weighted by Crippen LogP contribution is 2.48. The molecule has 9 heteroatoms. The van der Waals surface area contributed by atoms with Gasteiger partial charge in [0.1, 0.15) is 5.75 Å². The van der Waals surface area contributed by atoms with Gasteiger partial charge in [-0.2, -0.15) is 0 Å². The molecule has 0 atom stereocenters. The van der Waals surface area contributed by atoms with E-state index < -0.39 is 24.5 Å². The van der Waals surface area contributed by atoms with Crippen molar-refractivity contribution >= 4 is 41.4 Å². The Labute approximate surface area is 159 Å². The van der Waals surface area contributed by atoms with Crippen LogP contribution in [0.2, 0.25) is 0 Å². The molecule has 3 amide bonds. The van der Waals surface area contributed by atoms with E-state index in [9.17, 15) is 14.4 Å². The van der Waals surface area contributed by atoms with Gasteiger partial charge >= 0.3 is 12.0 Å². The van der Waals surface area contributed by atoms with E-state index in [-0.39, 0.29) is 12.6 Å². The van der Waals surface area contributed by atoms with Gasteiger partial charge in [-0.1, -0.05) is 18.2 Å². The van der Waals surface area contributed by atoms with E-state index in [2.05, 4.69) is 10.6 Å². The molecule has 26 heavy (non-hydrogen) atoms. The molecule has 7 nitrogen and oxygen atoms in total. The first kappa shape index (κ1) is 18.9. The molecular weight excluding hydrogens is 376 g/mol. The molecule has 3 rings (SSSR count).